The number of anilines is 1. The van der Waals surface area contributed by atoms with Gasteiger partial charge in [-0.1, -0.05) is 6.42 Å². The first-order valence-electron chi connectivity index (χ1n) is 10.4. The largest absolute Gasteiger partial charge is 0.387 e. The third-order valence-electron chi connectivity index (χ3n) is 5.71. The molecule has 168 valence electrons. The van der Waals surface area contributed by atoms with E-state index >= 15 is 0 Å². The number of aliphatic hydroxyl groups is 2. The van der Waals surface area contributed by atoms with Crippen molar-refractivity contribution in [3.8, 4) is 0 Å². The van der Waals surface area contributed by atoms with E-state index in [9.17, 15) is 10.2 Å². The summed E-state index contributed by atoms with van der Waals surface area (Å²) in [6.45, 7) is 1.36. The van der Waals surface area contributed by atoms with E-state index < -0.39 is 24.5 Å². The zero-order valence-electron chi connectivity index (χ0n) is 17.4. The lowest BCUT2D eigenvalue weighted by molar-refractivity contribution is -0.0290. The van der Waals surface area contributed by atoms with Crippen LogP contribution >= 0.6 is 0 Å². The number of fused-ring (bicyclic) bond motifs is 1. The summed E-state index contributed by atoms with van der Waals surface area (Å²) in [7, 11) is -0.00897. The van der Waals surface area contributed by atoms with Crippen LogP contribution in [0, 0.1) is 0 Å². The van der Waals surface area contributed by atoms with Crippen molar-refractivity contribution in [1.29, 1.82) is 0 Å². The van der Waals surface area contributed by atoms with Crippen molar-refractivity contribution in [3.63, 3.8) is 0 Å². The highest BCUT2D eigenvalue weighted by molar-refractivity contribution is 7.96. The molecule has 0 spiro atoms. The number of nitrogens with zero attached hydrogens (tertiary/aromatic N) is 4. The summed E-state index contributed by atoms with van der Waals surface area (Å²) < 4.78 is 7.71. The van der Waals surface area contributed by atoms with Gasteiger partial charge in [-0.15, -0.1) is 0 Å². The molecular weight excluding hydrogens is 406 g/mol. The standard InChI is InChI=1S/C19H34N7O3S/c1-30(12(6-8-21)5-3-2-4-7-20)9-13-15(27)16(28)19(29-13)26-11-25-14-17(22)23-10-24-18(14)26/h10-13,15-16,19,27-28H,2-9,20-21H2,1H3,(H2,22,23,24)/q+1/t12?,13-,15-,16-,19+,30?/m1/s1. The Hall–Kier alpha value is -1.50. The number of rotatable bonds is 11. The van der Waals surface area contributed by atoms with Crippen LogP contribution in [0.15, 0.2) is 12.7 Å². The molecule has 1 fully saturated rings. The molecule has 0 aromatic carbocycles. The summed E-state index contributed by atoms with van der Waals surface area (Å²) in [6, 6.07) is 0. The molecular formula is C19H34N7O3S+. The second-order valence-electron chi connectivity index (χ2n) is 7.82. The van der Waals surface area contributed by atoms with Gasteiger partial charge in [-0.3, -0.25) is 4.57 Å². The molecule has 2 aromatic rings. The minimum atomic E-state index is -1.09. The molecule has 0 saturated carbocycles. The molecule has 8 N–H and O–H groups in total. The van der Waals surface area contributed by atoms with Crippen LogP contribution in [0.5, 0.6) is 0 Å². The van der Waals surface area contributed by atoms with E-state index in [1.165, 1.54) is 12.7 Å². The Morgan fingerprint density at radius 1 is 1.10 bits per heavy atom. The summed E-state index contributed by atoms with van der Waals surface area (Å²) in [6.07, 6.45) is 7.05. The van der Waals surface area contributed by atoms with Crippen LogP contribution < -0.4 is 17.2 Å². The first kappa shape index (κ1) is 23.2. The van der Waals surface area contributed by atoms with Crippen LogP contribution in [-0.4, -0.2) is 78.4 Å². The zero-order chi connectivity index (χ0) is 21.7. The Bertz CT molecular complexity index is 808. The van der Waals surface area contributed by atoms with Gasteiger partial charge in [-0.2, -0.15) is 0 Å². The third kappa shape index (κ3) is 5.04. The molecule has 1 aliphatic rings. The fourth-order valence-corrected chi connectivity index (χ4v) is 6.15. The highest BCUT2D eigenvalue weighted by Gasteiger charge is 2.47. The van der Waals surface area contributed by atoms with E-state index in [4.69, 9.17) is 21.9 Å². The quantitative estimate of drug-likeness (QED) is 0.228. The summed E-state index contributed by atoms with van der Waals surface area (Å²) >= 11 is 0. The number of nitrogens with two attached hydrogens (primary N) is 3. The number of aromatic nitrogens is 4. The van der Waals surface area contributed by atoms with E-state index in [1.807, 2.05) is 0 Å². The summed E-state index contributed by atoms with van der Waals surface area (Å²) in [4.78, 5) is 12.4. The zero-order valence-corrected chi connectivity index (χ0v) is 18.2. The van der Waals surface area contributed by atoms with Crippen molar-refractivity contribution in [2.45, 2.75) is 61.9 Å². The molecule has 0 radical (unpaired) electrons. The molecule has 30 heavy (non-hydrogen) atoms. The van der Waals surface area contributed by atoms with Crippen molar-refractivity contribution < 1.29 is 14.9 Å². The Morgan fingerprint density at radius 2 is 1.90 bits per heavy atom. The van der Waals surface area contributed by atoms with Crippen molar-refractivity contribution in [2.24, 2.45) is 11.5 Å². The van der Waals surface area contributed by atoms with Crippen LogP contribution in [0.3, 0.4) is 0 Å². The predicted octanol–water partition coefficient (Wildman–Crippen LogP) is -0.488. The Balaban J connectivity index is 1.67. The number of imidazole rings is 1. The highest BCUT2D eigenvalue weighted by atomic mass is 32.2. The molecule has 0 amide bonds. The molecule has 1 aliphatic heterocycles. The van der Waals surface area contributed by atoms with Crippen LogP contribution in [-0.2, 0) is 15.6 Å². The minimum absolute atomic E-state index is 0.00897. The smallest absolute Gasteiger partial charge is 0.167 e. The lowest BCUT2D eigenvalue weighted by atomic mass is 10.1. The van der Waals surface area contributed by atoms with Crippen LogP contribution in [0.1, 0.15) is 38.3 Å². The molecule has 0 bridgehead atoms. The van der Waals surface area contributed by atoms with Crippen molar-refractivity contribution >= 4 is 27.9 Å². The minimum Gasteiger partial charge on any atom is -0.387 e. The molecule has 1 saturated heterocycles. The number of unbranched alkanes of at least 4 members (excludes halogenated alkanes) is 2. The first-order chi connectivity index (χ1) is 14.5. The molecule has 6 atom stereocenters. The normalized spacial score (nSPS) is 26.3. The lowest BCUT2D eigenvalue weighted by Crippen LogP contribution is -2.38. The predicted molar refractivity (Wildman–Crippen MR) is 119 cm³/mol. The fourth-order valence-electron chi connectivity index (χ4n) is 3.97. The lowest BCUT2D eigenvalue weighted by Gasteiger charge is -2.20. The monoisotopic (exact) mass is 440 g/mol. The van der Waals surface area contributed by atoms with E-state index in [1.54, 1.807) is 4.57 Å². The summed E-state index contributed by atoms with van der Waals surface area (Å²) in [5, 5.41) is 21.8. The van der Waals surface area contributed by atoms with Crippen molar-refractivity contribution in [2.75, 3.05) is 30.8 Å². The number of aliphatic hydroxyl groups excluding tert-OH is 2. The highest BCUT2D eigenvalue weighted by Crippen LogP contribution is 2.33. The Labute approximate surface area is 179 Å². The average molecular weight is 441 g/mol. The molecule has 2 aromatic heterocycles. The molecule has 3 rings (SSSR count). The van der Waals surface area contributed by atoms with Crippen LogP contribution in [0.2, 0.25) is 0 Å². The number of hydrogen-bond donors (Lipinski definition) is 5. The maximum absolute atomic E-state index is 10.7. The molecule has 10 nitrogen and oxygen atoms in total. The van der Waals surface area contributed by atoms with E-state index in [-0.39, 0.29) is 16.7 Å². The van der Waals surface area contributed by atoms with Gasteiger partial charge in [0.05, 0.1) is 12.6 Å². The van der Waals surface area contributed by atoms with Gasteiger partial charge < -0.3 is 32.2 Å². The van der Waals surface area contributed by atoms with Gasteiger partial charge in [0, 0.05) is 6.42 Å². The molecule has 2 unspecified atom stereocenters. The van der Waals surface area contributed by atoms with Gasteiger partial charge in [0.2, 0.25) is 0 Å². The van der Waals surface area contributed by atoms with Crippen LogP contribution in [0.4, 0.5) is 5.82 Å². The fraction of sp³-hybridized carbons (Fsp3) is 0.737. The van der Waals surface area contributed by atoms with Gasteiger partial charge in [0.1, 0.15) is 41.2 Å². The van der Waals surface area contributed by atoms with Crippen molar-refractivity contribution in [3.05, 3.63) is 12.7 Å². The van der Waals surface area contributed by atoms with Crippen molar-refractivity contribution in [1.82, 2.24) is 19.5 Å². The first-order valence-corrected chi connectivity index (χ1v) is 12.3. The maximum Gasteiger partial charge on any atom is 0.167 e. The van der Waals surface area contributed by atoms with E-state index in [2.05, 4.69) is 21.2 Å². The average Bonchev–Trinajstić information content (AvgIpc) is 3.28. The van der Waals surface area contributed by atoms with E-state index in [0.29, 0.717) is 28.7 Å². The second kappa shape index (κ2) is 10.7. The summed E-state index contributed by atoms with van der Waals surface area (Å²) in [5.74, 6) is 0.928. The molecule has 0 aliphatic carbocycles. The molecule has 3 heterocycles. The summed E-state index contributed by atoms with van der Waals surface area (Å²) in [5.41, 5.74) is 18.2. The Kier molecular flexibility index (Phi) is 8.26. The molecule has 11 heteroatoms. The topological polar surface area (TPSA) is 171 Å². The number of ether oxygens (including phenoxy) is 1. The number of hydrogen-bond acceptors (Lipinski definition) is 9. The van der Waals surface area contributed by atoms with Gasteiger partial charge in [-0.25, -0.2) is 15.0 Å². The number of nitrogen functional groups attached to an aromatic ring is 1. The van der Waals surface area contributed by atoms with Gasteiger partial charge in [0.25, 0.3) is 0 Å². The van der Waals surface area contributed by atoms with E-state index in [0.717, 1.165) is 38.6 Å². The third-order valence-corrected chi connectivity index (χ3v) is 8.18. The van der Waals surface area contributed by atoms with Gasteiger partial charge >= 0.3 is 0 Å². The van der Waals surface area contributed by atoms with Gasteiger partial charge in [0.15, 0.2) is 17.7 Å². The second-order valence-corrected chi connectivity index (χ2v) is 10.2. The Morgan fingerprint density at radius 3 is 2.63 bits per heavy atom. The maximum atomic E-state index is 10.7. The van der Waals surface area contributed by atoms with Gasteiger partial charge in [-0.05, 0) is 43.2 Å². The SMILES string of the molecule is C[S+](C[C@H]1O[C@H](n2cnc3c(N)ncnc32)[C@H](O)[C@@H]1O)C(CCN)CCCCCN. The van der Waals surface area contributed by atoms with Crippen LogP contribution in [0.25, 0.3) is 11.2 Å².